The van der Waals surface area contributed by atoms with Gasteiger partial charge in [-0.1, -0.05) is 0 Å². The van der Waals surface area contributed by atoms with Crippen molar-refractivity contribution in [3.63, 3.8) is 0 Å². The van der Waals surface area contributed by atoms with Crippen LogP contribution in [-0.4, -0.2) is 69.7 Å². The van der Waals surface area contributed by atoms with Crippen LogP contribution in [0.3, 0.4) is 0 Å². The Balaban J connectivity index is 2.14. The summed E-state index contributed by atoms with van der Waals surface area (Å²) >= 11 is 0. The van der Waals surface area contributed by atoms with Crippen molar-refractivity contribution in [2.45, 2.75) is 30.7 Å². The Hall–Kier alpha value is -1.83. The second kappa shape index (κ2) is 6.96. The average Bonchev–Trinajstić information content (AvgIpc) is 2.49. The number of hydrogen-bond donors (Lipinski definition) is 4. The van der Waals surface area contributed by atoms with Crippen molar-refractivity contribution in [1.82, 2.24) is 0 Å². The van der Waals surface area contributed by atoms with Crippen molar-refractivity contribution in [3.8, 4) is 5.75 Å². The minimum Gasteiger partial charge on any atom is -0.462 e. The molecule has 11 nitrogen and oxygen atoms in total. The first-order chi connectivity index (χ1) is 11.1. The summed E-state index contributed by atoms with van der Waals surface area (Å²) in [5.74, 6) is -0.975. The van der Waals surface area contributed by atoms with E-state index in [1.54, 1.807) is 0 Å². The molecular weight excluding hydrogens is 350 g/mol. The highest BCUT2D eigenvalue weighted by atomic mass is 32.2. The number of nitrogens with zero attached hydrogens (tertiary/aromatic N) is 1. The van der Waals surface area contributed by atoms with Gasteiger partial charge in [0.2, 0.25) is 6.29 Å². The summed E-state index contributed by atoms with van der Waals surface area (Å²) < 4.78 is 41.0. The number of non-ortho nitro benzene ring substituents is 1. The van der Waals surface area contributed by atoms with Gasteiger partial charge in [-0.3, -0.25) is 14.7 Å². The Morgan fingerprint density at radius 2 is 1.71 bits per heavy atom. The molecule has 24 heavy (non-hydrogen) atoms. The quantitative estimate of drug-likeness (QED) is 0.278. The molecule has 0 bridgehead atoms. The summed E-state index contributed by atoms with van der Waals surface area (Å²) in [6.45, 7) is 0. The van der Waals surface area contributed by atoms with Crippen LogP contribution in [-0.2, 0) is 14.9 Å². The first-order valence-electron chi connectivity index (χ1n) is 6.64. The van der Waals surface area contributed by atoms with Gasteiger partial charge in [0, 0.05) is 12.1 Å². The van der Waals surface area contributed by atoms with Crippen LogP contribution in [0.4, 0.5) is 5.69 Å². The van der Waals surface area contributed by atoms with Crippen LogP contribution < -0.4 is 4.74 Å². The molecule has 0 unspecified atom stereocenters. The largest absolute Gasteiger partial charge is 0.462 e. The summed E-state index contributed by atoms with van der Waals surface area (Å²) in [4.78, 5) is 9.94. The number of nitro groups is 1. The second-order valence-corrected chi connectivity index (χ2v) is 6.63. The number of rotatable bonds is 5. The fourth-order valence-electron chi connectivity index (χ4n) is 2.14. The van der Waals surface area contributed by atoms with Gasteiger partial charge in [-0.15, -0.1) is 0 Å². The van der Waals surface area contributed by atoms with Crippen molar-refractivity contribution in [3.05, 3.63) is 34.4 Å². The lowest BCUT2D eigenvalue weighted by Gasteiger charge is -2.39. The van der Waals surface area contributed by atoms with E-state index in [-0.39, 0.29) is 11.4 Å². The molecule has 1 aromatic rings. The summed E-state index contributed by atoms with van der Waals surface area (Å²) in [7, 11) is -4.52. The Bertz CT molecular complexity index is 690. The standard InChI is InChI=1S/C12H15NO10S/c14-9-8(5-24(19,20)21)23-12(11(16)10(9)15)22-7-3-1-6(2-4-7)13(17)18/h1-4,8-12,14-16H,5H2,(H,19,20,21)/t8-,9-,10+,11-,12+/m1/s1. The SMILES string of the molecule is O=[N+]([O-])c1ccc(O[C@H]2O[C@H](CS(=O)(=O)O)[C@@H](O)[C@H](O)[C@H]2O)cc1. The van der Waals surface area contributed by atoms with E-state index in [9.17, 15) is 33.9 Å². The van der Waals surface area contributed by atoms with Gasteiger partial charge in [-0.25, -0.2) is 0 Å². The lowest BCUT2D eigenvalue weighted by atomic mass is 10.00. The van der Waals surface area contributed by atoms with Crippen molar-refractivity contribution < 1.29 is 42.7 Å². The molecule has 1 aliphatic rings. The van der Waals surface area contributed by atoms with E-state index in [1.165, 1.54) is 12.1 Å². The zero-order valence-electron chi connectivity index (χ0n) is 12.0. The molecule has 1 aromatic carbocycles. The van der Waals surface area contributed by atoms with Crippen LogP contribution in [0.1, 0.15) is 0 Å². The van der Waals surface area contributed by atoms with Crippen LogP contribution in [0.15, 0.2) is 24.3 Å². The minimum absolute atomic E-state index is 0.0406. The number of aliphatic hydroxyl groups excluding tert-OH is 3. The van der Waals surface area contributed by atoms with Crippen molar-refractivity contribution in [2.75, 3.05) is 5.75 Å². The molecule has 134 valence electrons. The highest BCUT2D eigenvalue weighted by Gasteiger charge is 2.46. The molecular formula is C12H15NO10S. The van der Waals surface area contributed by atoms with Crippen molar-refractivity contribution in [1.29, 1.82) is 0 Å². The topological polar surface area (TPSA) is 177 Å². The Kier molecular flexibility index (Phi) is 5.37. The third-order valence-electron chi connectivity index (χ3n) is 3.34. The summed E-state index contributed by atoms with van der Waals surface area (Å²) in [5.41, 5.74) is -0.202. The molecule has 1 saturated heterocycles. The predicted molar refractivity (Wildman–Crippen MR) is 76.8 cm³/mol. The summed E-state index contributed by atoms with van der Waals surface area (Å²) in [6.07, 6.45) is -8.36. The van der Waals surface area contributed by atoms with Gasteiger partial charge in [0.05, 0.1) is 4.92 Å². The minimum atomic E-state index is -4.52. The molecule has 1 aliphatic heterocycles. The molecule has 4 N–H and O–H groups in total. The lowest BCUT2D eigenvalue weighted by molar-refractivity contribution is -0.384. The van der Waals surface area contributed by atoms with Crippen molar-refractivity contribution >= 4 is 15.8 Å². The third kappa shape index (κ3) is 4.37. The predicted octanol–water partition coefficient (Wildman–Crippen LogP) is -1.33. The van der Waals surface area contributed by atoms with Crippen LogP contribution in [0.25, 0.3) is 0 Å². The summed E-state index contributed by atoms with van der Waals surface area (Å²) in [5, 5.41) is 39.9. The average molecular weight is 365 g/mol. The molecule has 0 aliphatic carbocycles. The molecule has 0 radical (unpaired) electrons. The smallest absolute Gasteiger partial charge is 0.269 e. The highest BCUT2D eigenvalue weighted by molar-refractivity contribution is 7.85. The number of hydrogen-bond acceptors (Lipinski definition) is 9. The van der Waals surface area contributed by atoms with Crippen molar-refractivity contribution in [2.24, 2.45) is 0 Å². The van der Waals surface area contributed by atoms with E-state index in [1.807, 2.05) is 0 Å². The molecule has 1 fully saturated rings. The van der Waals surface area contributed by atoms with Crippen LogP contribution in [0.5, 0.6) is 5.75 Å². The van der Waals surface area contributed by atoms with Gasteiger partial charge in [0.25, 0.3) is 15.8 Å². The maximum atomic E-state index is 10.9. The molecule has 0 amide bonds. The Morgan fingerprint density at radius 3 is 2.21 bits per heavy atom. The monoisotopic (exact) mass is 365 g/mol. The molecule has 1 heterocycles. The molecule has 0 saturated carbocycles. The van der Waals surface area contributed by atoms with E-state index >= 15 is 0 Å². The maximum Gasteiger partial charge on any atom is 0.269 e. The fraction of sp³-hybridized carbons (Fsp3) is 0.500. The Labute approximate surface area is 136 Å². The Morgan fingerprint density at radius 1 is 1.12 bits per heavy atom. The zero-order chi connectivity index (χ0) is 18.1. The normalized spacial score (nSPS) is 30.8. The first-order valence-corrected chi connectivity index (χ1v) is 8.25. The maximum absolute atomic E-state index is 10.9. The zero-order valence-corrected chi connectivity index (χ0v) is 12.8. The third-order valence-corrected chi connectivity index (χ3v) is 4.09. The van der Waals surface area contributed by atoms with Gasteiger partial charge in [-0.2, -0.15) is 8.42 Å². The number of nitro benzene ring substituents is 1. The number of benzene rings is 1. The highest BCUT2D eigenvalue weighted by Crippen LogP contribution is 2.26. The van der Waals surface area contributed by atoms with E-state index < -0.39 is 51.5 Å². The second-order valence-electron chi connectivity index (χ2n) is 5.13. The molecule has 2 rings (SSSR count). The van der Waals surface area contributed by atoms with Gasteiger partial charge in [-0.05, 0) is 12.1 Å². The summed E-state index contributed by atoms with van der Waals surface area (Å²) in [6, 6.07) is 4.68. The fourth-order valence-corrected chi connectivity index (χ4v) is 2.83. The van der Waals surface area contributed by atoms with Gasteiger partial charge >= 0.3 is 0 Å². The van der Waals surface area contributed by atoms with Crippen LogP contribution in [0.2, 0.25) is 0 Å². The van der Waals surface area contributed by atoms with E-state index in [0.717, 1.165) is 12.1 Å². The molecule has 0 aromatic heterocycles. The van der Waals surface area contributed by atoms with E-state index in [0.29, 0.717) is 0 Å². The molecule has 12 heteroatoms. The molecule has 5 atom stereocenters. The van der Waals surface area contributed by atoms with Crippen LogP contribution in [0, 0.1) is 10.1 Å². The van der Waals surface area contributed by atoms with Crippen LogP contribution >= 0.6 is 0 Å². The van der Waals surface area contributed by atoms with Gasteiger partial charge < -0.3 is 24.8 Å². The lowest BCUT2D eigenvalue weighted by Crippen LogP contribution is -2.60. The molecule has 0 spiro atoms. The van der Waals surface area contributed by atoms with E-state index in [4.69, 9.17) is 14.0 Å². The van der Waals surface area contributed by atoms with E-state index in [2.05, 4.69) is 0 Å². The first kappa shape index (κ1) is 18.5. The number of aliphatic hydroxyl groups is 3. The number of ether oxygens (including phenoxy) is 2. The van der Waals surface area contributed by atoms with Gasteiger partial charge in [0.1, 0.15) is 35.9 Å². The van der Waals surface area contributed by atoms with Gasteiger partial charge in [0.15, 0.2) is 0 Å².